The predicted molar refractivity (Wildman–Crippen MR) is 139 cm³/mol. The van der Waals surface area contributed by atoms with E-state index in [1.165, 1.54) is 0 Å². The maximum atomic E-state index is 14.6. The number of allylic oxidation sites excluding steroid dienone is 1. The third-order valence-electron chi connectivity index (χ3n) is 10.4. The summed E-state index contributed by atoms with van der Waals surface area (Å²) in [6.45, 7) is 14.3. The van der Waals surface area contributed by atoms with Crippen LogP contribution in [0.15, 0.2) is 23.3 Å². The lowest BCUT2D eigenvalue weighted by Crippen LogP contribution is -2.66. The fourth-order valence-electron chi connectivity index (χ4n) is 7.85. The molecule has 8 heteroatoms. The van der Waals surface area contributed by atoms with E-state index in [-0.39, 0.29) is 29.7 Å². The second-order valence-electron chi connectivity index (χ2n) is 13.0. The van der Waals surface area contributed by atoms with E-state index in [0.29, 0.717) is 18.4 Å². The first-order valence-corrected chi connectivity index (χ1v) is 14.0. The van der Waals surface area contributed by atoms with E-state index in [9.17, 15) is 29.7 Å². The Bertz CT molecular complexity index is 1090. The summed E-state index contributed by atoms with van der Waals surface area (Å²) in [5.41, 5.74) is -4.76. The van der Waals surface area contributed by atoms with Gasteiger partial charge in [0.2, 0.25) is 0 Å². The predicted octanol–water partition coefficient (Wildman–Crippen LogP) is 3.12. The van der Waals surface area contributed by atoms with Gasteiger partial charge in [-0.3, -0.25) is 14.4 Å². The first kappa shape index (κ1) is 29.0. The lowest BCUT2D eigenvalue weighted by molar-refractivity contribution is -0.206. The topological polar surface area (TPSA) is 130 Å². The molecule has 8 nitrogen and oxygen atoms in total. The Kier molecular flexibility index (Phi) is 7.07. The number of esters is 2. The van der Waals surface area contributed by atoms with Crippen molar-refractivity contribution in [1.82, 2.24) is 0 Å². The van der Waals surface area contributed by atoms with Crippen LogP contribution in [0.3, 0.4) is 0 Å². The van der Waals surface area contributed by atoms with Crippen molar-refractivity contribution in [2.45, 2.75) is 98.1 Å². The molecule has 3 unspecified atom stereocenters. The number of ether oxygens (including phenoxy) is 2. The van der Waals surface area contributed by atoms with Gasteiger partial charge in [-0.25, -0.2) is 0 Å². The Labute approximate surface area is 225 Å². The third kappa shape index (κ3) is 3.55. The van der Waals surface area contributed by atoms with E-state index < -0.39 is 70.5 Å². The SMILES string of the molecule is CCCC(=O)O[C@@]12CC(C)C34C=C(C)[C@H](OC(=O)C(C)C(C)C)[C@@]3(O)[C@H](O)C(CO)=C[C@H](C4=O)[C@@H]1C2(C)C. The van der Waals surface area contributed by atoms with Gasteiger partial charge in [0.15, 0.2) is 17.5 Å². The average Bonchev–Trinajstić information content (AvgIpc) is 3.23. The molecule has 38 heavy (non-hydrogen) atoms. The molecule has 2 fully saturated rings. The van der Waals surface area contributed by atoms with Crippen LogP contribution in [0.4, 0.5) is 0 Å². The first-order valence-electron chi connectivity index (χ1n) is 14.0. The molecule has 0 aliphatic heterocycles. The molecule has 2 bridgehead atoms. The zero-order valence-electron chi connectivity index (χ0n) is 23.9. The minimum absolute atomic E-state index is 0.0152. The van der Waals surface area contributed by atoms with E-state index in [2.05, 4.69) is 0 Å². The highest BCUT2D eigenvalue weighted by atomic mass is 16.6. The first-order chi connectivity index (χ1) is 17.6. The maximum Gasteiger partial charge on any atom is 0.309 e. The van der Waals surface area contributed by atoms with E-state index in [1.54, 1.807) is 26.0 Å². The van der Waals surface area contributed by atoms with Crippen LogP contribution in [0.25, 0.3) is 0 Å². The van der Waals surface area contributed by atoms with E-state index in [4.69, 9.17) is 9.47 Å². The van der Waals surface area contributed by atoms with Crippen LogP contribution in [0.5, 0.6) is 0 Å². The summed E-state index contributed by atoms with van der Waals surface area (Å²) in [4.78, 5) is 40.5. The zero-order valence-corrected chi connectivity index (χ0v) is 23.9. The molecule has 0 aromatic heterocycles. The second kappa shape index (κ2) is 9.27. The minimum Gasteiger partial charge on any atom is -0.458 e. The summed E-state index contributed by atoms with van der Waals surface area (Å²) in [5, 5.41) is 34.5. The number of rotatable bonds is 7. The summed E-state index contributed by atoms with van der Waals surface area (Å²) in [7, 11) is 0. The summed E-state index contributed by atoms with van der Waals surface area (Å²) in [6, 6.07) is 0. The van der Waals surface area contributed by atoms with Crippen molar-refractivity contribution in [3.63, 3.8) is 0 Å². The highest BCUT2D eigenvalue weighted by molar-refractivity contribution is 5.96. The van der Waals surface area contributed by atoms with Gasteiger partial charge >= 0.3 is 11.9 Å². The standard InChI is InChI=1S/C30H44O8/c1-9-10-21(32)38-29-13-17(5)28-12-16(4)25(37-26(35)18(6)15(2)3)30(28,36)23(33)19(14-31)11-20(24(28)34)22(29)27(29,7)8/h11-12,15,17-18,20,22-23,25,31,33,36H,9-10,13-14H2,1-8H3/t17?,18?,20-,22+,23+,25-,28?,29-,30-/m0/s1. The van der Waals surface area contributed by atoms with Gasteiger partial charge in [0.1, 0.15) is 11.7 Å². The number of ketones is 1. The van der Waals surface area contributed by atoms with Gasteiger partial charge in [0.25, 0.3) is 0 Å². The number of carbonyl (C=O) groups is 3. The van der Waals surface area contributed by atoms with Crippen molar-refractivity contribution in [3.8, 4) is 0 Å². The minimum atomic E-state index is -2.24. The van der Waals surface area contributed by atoms with Gasteiger partial charge in [-0.2, -0.15) is 0 Å². The molecule has 4 aliphatic carbocycles. The van der Waals surface area contributed by atoms with Crippen LogP contribution >= 0.6 is 0 Å². The lowest BCUT2D eigenvalue weighted by atomic mass is 9.59. The Balaban J connectivity index is 1.89. The highest BCUT2D eigenvalue weighted by Crippen LogP contribution is 2.75. The van der Waals surface area contributed by atoms with Crippen LogP contribution < -0.4 is 0 Å². The normalized spacial score (nSPS) is 41.7. The molecular weight excluding hydrogens is 488 g/mol. The molecule has 1 spiro atoms. The smallest absolute Gasteiger partial charge is 0.309 e. The molecule has 3 N–H and O–H groups in total. The van der Waals surface area contributed by atoms with E-state index in [1.807, 2.05) is 41.5 Å². The van der Waals surface area contributed by atoms with Crippen molar-refractivity contribution in [2.24, 2.45) is 40.4 Å². The van der Waals surface area contributed by atoms with Gasteiger partial charge < -0.3 is 24.8 Å². The molecule has 0 aromatic carbocycles. The van der Waals surface area contributed by atoms with E-state index >= 15 is 0 Å². The van der Waals surface area contributed by atoms with Gasteiger partial charge in [0.05, 0.1) is 17.9 Å². The molecule has 9 atom stereocenters. The van der Waals surface area contributed by atoms with Crippen LogP contribution in [-0.4, -0.2) is 63.1 Å². The summed E-state index contributed by atoms with van der Waals surface area (Å²) < 4.78 is 12.1. The van der Waals surface area contributed by atoms with Crippen LogP contribution in [0.2, 0.25) is 0 Å². The van der Waals surface area contributed by atoms with Crippen molar-refractivity contribution in [2.75, 3.05) is 6.61 Å². The van der Waals surface area contributed by atoms with Crippen molar-refractivity contribution in [1.29, 1.82) is 0 Å². The van der Waals surface area contributed by atoms with Gasteiger partial charge in [-0.15, -0.1) is 0 Å². The fraction of sp³-hybridized carbons (Fsp3) is 0.767. The largest absolute Gasteiger partial charge is 0.458 e. The van der Waals surface area contributed by atoms with Gasteiger partial charge in [0, 0.05) is 23.7 Å². The number of hydrogen-bond acceptors (Lipinski definition) is 8. The molecule has 0 amide bonds. The van der Waals surface area contributed by atoms with Gasteiger partial charge in [-0.1, -0.05) is 60.6 Å². The molecule has 0 heterocycles. The Hall–Kier alpha value is -2.03. The molecule has 4 rings (SSSR count). The Morgan fingerprint density at radius 1 is 1.21 bits per heavy atom. The number of Topliss-reactive ketones (excluding diaryl/α,β-unsaturated/α-hetero) is 1. The molecule has 0 aromatic rings. The van der Waals surface area contributed by atoms with Crippen molar-refractivity contribution >= 4 is 17.7 Å². The van der Waals surface area contributed by atoms with Gasteiger partial charge in [-0.05, 0) is 42.7 Å². The number of carbonyl (C=O) groups excluding carboxylic acids is 3. The van der Waals surface area contributed by atoms with Crippen LogP contribution in [-0.2, 0) is 23.9 Å². The van der Waals surface area contributed by atoms with E-state index in [0.717, 1.165) is 0 Å². The second-order valence-corrected chi connectivity index (χ2v) is 13.0. The van der Waals surface area contributed by atoms with Crippen LogP contribution in [0, 0.1) is 40.4 Å². The fourth-order valence-corrected chi connectivity index (χ4v) is 7.85. The monoisotopic (exact) mass is 532 g/mol. The Morgan fingerprint density at radius 3 is 2.39 bits per heavy atom. The Morgan fingerprint density at radius 2 is 1.84 bits per heavy atom. The summed E-state index contributed by atoms with van der Waals surface area (Å²) >= 11 is 0. The molecule has 0 radical (unpaired) electrons. The van der Waals surface area contributed by atoms with Crippen molar-refractivity contribution < 1.29 is 39.2 Å². The lowest BCUT2D eigenvalue weighted by Gasteiger charge is -2.49. The number of aliphatic hydroxyl groups excluding tert-OH is 2. The quantitative estimate of drug-likeness (QED) is 0.337. The maximum absolute atomic E-state index is 14.6. The zero-order chi connectivity index (χ0) is 28.6. The summed E-state index contributed by atoms with van der Waals surface area (Å²) in [5.74, 6) is -3.44. The number of hydrogen-bond donors (Lipinski definition) is 3. The van der Waals surface area contributed by atoms with Crippen molar-refractivity contribution in [3.05, 3.63) is 23.3 Å². The highest BCUT2D eigenvalue weighted by Gasteiger charge is 2.83. The van der Waals surface area contributed by atoms with Crippen LogP contribution in [0.1, 0.15) is 74.7 Å². The average molecular weight is 533 g/mol. The number of fused-ring (bicyclic) bond motifs is 3. The number of aliphatic hydroxyl groups is 3. The third-order valence-corrected chi connectivity index (χ3v) is 10.4. The molecular formula is C30H44O8. The molecule has 2 saturated carbocycles. The molecule has 0 saturated heterocycles. The molecule has 212 valence electrons. The summed E-state index contributed by atoms with van der Waals surface area (Å²) in [6.07, 6.45) is 1.48. The molecule has 4 aliphatic rings.